The molecule has 3 aromatic heterocycles. The molecule has 0 spiro atoms. The lowest BCUT2D eigenvalue weighted by Gasteiger charge is -2.15. The van der Waals surface area contributed by atoms with Crippen molar-refractivity contribution in [2.24, 2.45) is 0 Å². The molecule has 1 atom stereocenters. The molecule has 0 amide bonds. The standard InChI is InChI=1S/C20H19FN4OS/c1-2-16(11-26)22-19-9-17(14-7-8-27-12-14)20-23-18(10-25(20)24-19)13-3-5-15(21)6-4-13/h3-10,12,16,26H,2,11H2,1H3,(H,22,24)/t16-/m0/s1. The van der Waals surface area contributed by atoms with Gasteiger partial charge in [-0.3, -0.25) is 0 Å². The van der Waals surface area contributed by atoms with E-state index in [9.17, 15) is 9.50 Å². The minimum atomic E-state index is -0.277. The van der Waals surface area contributed by atoms with Crippen LogP contribution in [0.25, 0.3) is 28.0 Å². The van der Waals surface area contributed by atoms with Gasteiger partial charge in [0, 0.05) is 11.1 Å². The summed E-state index contributed by atoms with van der Waals surface area (Å²) in [7, 11) is 0. The van der Waals surface area contributed by atoms with Crippen LogP contribution in [0.2, 0.25) is 0 Å². The maximum atomic E-state index is 13.2. The van der Waals surface area contributed by atoms with Crippen LogP contribution >= 0.6 is 11.3 Å². The average Bonchev–Trinajstić information content (AvgIpc) is 3.36. The van der Waals surface area contributed by atoms with Crippen LogP contribution in [0, 0.1) is 5.82 Å². The van der Waals surface area contributed by atoms with Crippen molar-refractivity contribution < 1.29 is 9.50 Å². The van der Waals surface area contributed by atoms with E-state index in [4.69, 9.17) is 4.98 Å². The van der Waals surface area contributed by atoms with Gasteiger partial charge in [0.15, 0.2) is 5.65 Å². The number of aliphatic hydroxyl groups excluding tert-OH is 1. The number of hydrogen-bond acceptors (Lipinski definition) is 5. The Balaban J connectivity index is 1.84. The molecule has 3 heterocycles. The van der Waals surface area contributed by atoms with Crippen LogP contribution in [0.4, 0.5) is 10.2 Å². The molecule has 2 N–H and O–H groups in total. The second kappa shape index (κ2) is 7.46. The van der Waals surface area contributed by atoms with Gasteiger partial charge in [-0.25, -0.2) is 13.9 Å². The molecule has 7 heteroatoms. The Hall–Kier alpha value is -2.77. The van der Waals surface area contributed by atoms with Gasteiger partial charge in [-0.2, -0.15) is 11.3 Å². The first-order valence-electron chi connectivity index (χ1n) is 8.74. The van der Waals surface area contributed by atoms with Gasteiger partial charge in [-0.05, 0) is 59.1 Å². The molecular formula is C20H19FN4OS. The lowest BCUT2D eigenvalue weighted by molar-refractivity contribution is 0.271. The summed E-state index contributed by atoms with van der Waals surface area (Å²) in [6, 6.07) is 10.2. The van der Waals surface area contributed by atoms with Crippen molar-refractivity contribution >= 4 is 22.8 Å². The van der Waals surface area contributed by atoms with Crippen LogP contribution in [0.15, 0.2) is 53.4 Å². The lowest BCUT2D eigenvalue weighted by Crippen LogP contribution is -2.23. The maximum Gasteiger partial charge on any atom is 0.162 e. The van der Waals surface area contributed by atoms with E-state index in [1.807, 2.05) is 30.6 Å². The number of aromatic nitrogens is 3. The van der Waals surface area contributed by atoms with Crippen LogP contribution < -0.4 is 5.32 Å². The summed E-state index contributed by atoms with van der Waals surface area (Å²) in [5.74, 6) is 0.397. The van der Waals surface area contributed by atoms with Crippen molar-refractivity contribution in [2.45, 2.75) is 19.4 Å². The molecule has 5 nitrogen and oxygen atoms in total. The van der Waals surface area contributed by atoms with Gasteiger partial charge >= 0.3 is 0 Å². The van der Waals surface area contributed by atoms with Crippen LogP contribution in [0.5, 0.6) is 0 Å². The van der Waals surface area contributed by atoms with E-state index < -0.39 is 0 Å². The van der Waals surface area contributed by atoms with Crippen molar-refractivity contribution in [3.05, 3.63) is 59.2 Å². The van der Waals surface area contributed by atoms with Crippen LogP contribution in [-0.2, 0) is 0 Å². The van der Waals surface area contributed by atoms with E-state index in [2.05, 4.69) is 15.8 Å². The third-order valence-corrected chi connectivity index (χ3v) is 5.15. The van der Waals surface area contributed by atoms with Gasteiger partial charge < -0.3 is 10.4 Å². The number of halogens is 1. The Morgan fingerprint density at radius 2 is 2.04 bits per heavy atom. The van der Waals surface area contributed by atoms with E-state index in [0.717, 1.165) is 34.5 Å². The van der Waals surface area contributed by atoms with E-state index in [1.54, 1.807) is 28.0 Å². The quantitative estimate of drug-likeness (QED) is 0.517. The molecule has 4 rings (SSSR count). The summed E-state index contributed by atoms with van der Waals surface area (Å²) >= 11 is 1.62. The number of benzene rings is 1. The van der Waals surface area contributed by atoms with E-state index in [1.165, 1.54) is 12.1 Å². The number of nitrogens with zero attached hydrogens (tertiary/aromatic N) is 3. The Labute approximate surface area is 160 Å². The van der Waals surface area contributed by atoms with E-state index in [0.29, 0.717) is 5.82 Å². The highest BCUT2D eigenvalue weighted by Crippen LogP contribution is 2.30. The van der Waals surface area contributed by atoms with Gasteiger partial charge in [0.25, 0.3) is 0 Å². The molecule has 0 radical (unpaired) electrons. The minimum absolute atomic E-state index is 0.0365. The van der Waals surface area contributed by atoms with E-state index in [-0.39, 0.29) is 18.5 Å². The fourth-order valence-corrected chi connectivity index (χ4v) is 3.58. The second-order valence-electron chi connectivity index (χ2n) is 6.29. The van der Waals surface area contributed by atoms with Crippen LogP contribution in [0.3, 0.4) is 0 Å². The number of thiophene rings is 1. The molecule has 0 aliphatic rings. The summed E-state index contributed by atoms with van der Waals surface area (Å²) in [4.78, 5) is 4.73. The molecular weight excluding hydrogens is 363 g/mol. The Kier molecular flexibility index (Phi) is 4.87. The number of aliphatic hydroxyl groups is 1. The SMILES string of the molecule is CC[C@@H](CO)Nc1cc(-c2ccsc2)c2nc(-c3ccc(F)cc3)cn2n1. The normalized spacial score (nSPS) is 12.4. The lowest BCUT2D eigenvalue weighted by atomic mass is 10.1. The Bertz CT molecular complexity index is 1040. The number of imidazole rings is 1. The molecule has 1 aromatic carbocycles. The molecule has 0 aliphatic heterocycles. The number of rotatable bonds is 6. The zero-order valence-corrected chi connectivity index (χ0v) is 15.6. The third kappa shape index (κ3) is 3.56. The number of nitrogens with one attached hydrogen (secondary N) is 1. The first kappa shape index (κ1) is 17.6. The molecule has 0 unspecified atom stereocenters. The topological polar surface area (TPSA) is 62.5 Å². The highest BCUT2D eigenvalue weighted by molar-refractivity contribution is 7.08. The van der Waals surface area contributed by atoms with Crippen molar-refractivity contribution in [3.63, 3.8) is 0 Å². The molecule has 138 valence electrons. The smallest absolute Gasteiger partial charge is 0.162 e. The van der Waals surface area contributed by atoms with Crippen LogP contribution in [-0.4, -0.2) is 32.4 Å². The third-order valence-electron chi connectivity index (χ3n) is 4.46. The van der Waals surface area contributed by atoms with Gasteiger partial charge in [0.1, 0.15) is 11.6 Å². The van der Waals surface area contributed by atoms with Gasteiger partial charge in [-0.15, -0.1) is 5.10 Å². The fraction of sp³-hybridized carbons (Fsp3) is 0.200. The first-order valence-corrected chi connectivity index (χ1v) is 9.68. The molecule has 0 fully saturated rings. The van der Waals surface area contributed by atoms with Gasteiger partial charge in [-0.1, -0.05) is 6.92 Å². The van der Waals surface area contributed by atoms with Crippen LogP contribution in [0.1, 0.15) is 13.3 Å². The highest BCUT2D eigenvalue weighted by Gasteiger charge is 2.15. The van der Waals surface area contributed by atoms with Crippen molar-refractivity contribution in [3.8, 4) is 22.4 Å². The van der Waals surface area contributed by atoms with Gasteiger partial charge in [0.05, 0.1) is 24.5 Å². The van der Waals surface area contributed by atoms with Crippen molar-refractivity contribution in [1.29, 1.82) is 0 Å². The summed E-state index contributed by atoms with van der Waals surface area (Å²) in [6.07, 6.45) is 2.62. The molecule has 0 bridgehead atoms. The predicted octanol–water partition coefficient (Wildman–Crippen LogP) is 4.45. The summed E-state index contributed by atoms with van der Waals surface area (Å²) in [5, 5.41) is 21.5. The zero-order chi connectivity index (χ0) is 18.8. The fourth-order valence-electron chi connectivity index (χ4n) is 2.92. The highest BCUT2D eigenvalue weighted by atomic mass is 32.1. The van der Waals surface area contributed by atoms with Crippen molar-refractivity contribution in [1.82, 2.24) is 14.6 Å². The molecule has 4 aromatic rings. The zero-order valence-electron chi connectivity index (χ0n) is 14.8. The summed E-state index contributed by atoms with van der Waals surface area (Å²) < 4.78 is 15.0. The predicted molar refractivity (Wildman–Crippen MR) is 106 cm³/mol. The Morgan fingerprint density at radius 1 is 1.22 bits per heavy atom. The maximum absolute atomic E-state index is 13.2. The summed E-state index contributed by atoms with van der Waals surface area (Å²) in [5.41, 5.74) is 4.30. The molecule has 0 saturated heterocycles. The number of fused-ring (bicyclic) bond motifs is 1. The second-order valence-corrected chi connectivity index (χ2v) is 7.07. The van der Waals surface area contributed by atoms with Gasteiger partial charge in [0.2, 0.25) is 0 Å². The van der Waals surface area contributed by atoms with E-state index >= 15 is 0 Å². The molecule has 0 saturated carbocycles. The summed E-state index contributed by atoms with van der Waals surface area (Å²) in [6.45, 7) is 2.05. The Morgan fingerprint density at radius 3 is 2.70 bits per heavy atom. The minimum Gasteiger partial charge on any atom is -0.394 e. The largest absolute Gasteiger partial charge is 0.394 e. The molecule has 0 aliphatic carbocycles. The van der Waals surface area contributed by atoms with Crippen molar-refractivity contribution in [2.75, 3.05) is 11.9 Å². The first-order chi connectivity index (χ1) is 13.2. The average molecular weight is 382 g/mol. The number of hydrogen-bond donors (Lipinski definition) is 2. The number of anilines is 1. The monoisotopic (exact) mass is 382 g/mol. The molecule has 27 heavy (non-hydrogen) atoms.